The second-order valence-electron chi connectivity index (χ2n) is 2.27. The number of rotatable bonds is 5. The van der Waals surface area contributed by atoms with Crippen LogP contribution in [0.2, 0.25) is 0 Å². The molecule has 0 saturated heterocycles. The number of oxime groups is 1. The van der Waals surface area contributed by atoms with Gasteiger partial charge in [0.05, 0.1) is 5.71 Å². The van der Waals surface area contributed by atoms with Crippen molar-refractivity contribution in [3.63, 3.8) is 0 Å². The number of hydrogen-bond donors (Lipinski definition) is 2. The maximum Gasteiger partial charge on any atom is 0.156 e. The van der Waals surface area contributed by atoms with E-state index in [0.717, 1.165) is 12.8 Å². The Labute approximate surface area is 66.5 Å². The molecule has 0 fully saturated rings. The third-order valence-corrected chi connectivity index (χ3v) is 1.18. The van der Waals surface area contributed by atoms with Crippen LogP contribution in [0.1, 0.15) is 26.2 Å². The van der Waals surface area contributed by atoms with Crippen LogP contribution >= 0.6 is 0 Å². The van der Waals surface area contributed by atoms with Gasteiger partial charge in [0.15, 0.2) is 6.29 Å². The van der Waals surface area contributed by atoms with Gasteiger partial charge in [0.1, 0.15) is 7.11 Å². The molecule has 0 amide bonds. The maximum atomic E-state index is 8.60. The highest BCUT2D eigenvalue weighted by atomic mass is 16.6. The van der Waals surface area contributed by atoms with Crippen LogP contribution in [0.15, 0.2) is 5.16 Å². The van der Waals surface area contributed by atoms with Crippen LogP contribution < -0.4 is 0 Å². The zero-order valence-corrected chi connectivity index (χ0v) is 6.95. The number of hydrogen-bond acceptors (Lipinski definition) is 4. The molecule has 66 valence electrons. The highest BCUT2D eigenvalue weighted by Crippen LogP contribution is 2.00. The van der Waals surface area contributed by atoms with Crippen molar-refractivity contribution in [1.82, 2.24) is 0 Å². The predicted molar refractivity (Wildman–Crippen MR) is 42.2 cm³/mol. The van der Waals surface area contributed by atoms with Crippen molar-refractivity contribution < 1.29 is 15.1 Å². The van der Waals surface area contributed by atoms with Gasteiger partial charge in [0, 0.05) is 6.42 Å². The molecule has 4 heteroatoms. The van der Waals surface area contributed by atoms with Crippen molar-refractivity contribution in [3.8, 4) is 0 Å². The molecule has 4 nitrogen and oxygen atoms in total. The first kappa shape index (κ1) is 10.4. The van der Waals surface area contributed by atoms with E-state index in [-0.39, 0.29) is 6.42 Å². The molecule has 0 aromatic carbocycles. The molecule has 0 aromatic heterocycles. The third kappa shape index (κ3) is 5.82. The summed E-state index contributed by atoms with van der Waals surface area (Å²) in [4.78, 5) is 4.52. The van der Waals surface area contributed by atoms with Crippen molar-refractivity contribution in [1.29, 1.82) is 0 Å². The molecule has 2 N–H and O–H groups in total. The third-order valence-electron chi connectivity index (χ3n) is 1.18. The quantitative estimate of drug-likeness (QED) is 0.350. The molecule has 0 saturated carbocycles. The molecule has 0 radical (unpaired) electrons. The molecule has 0 aromatic rings. The van der Waals surface area contributed by atoms with Crippen molar-refractivity contribution >= 4 is 5.71 Å². The molecule has 11 heavy (non-hydrogen) atoms. The Morgan fingerprint density at radius 1 is 1.55 bits per heavy atom. The Hall–Kier alpha value is -0.610. The summed E-state index contributed by atoms with van der Waals surface area (Å²) in [6.07, 6.45) is 0.512. The Morgan fingerprint density at radius 2 is 2.18 bits per heavy atom. The monoisotopic (exact) mass is 161 g/mol. The number of aliphatic hydroxyl groups excluding tert-OH is 1. The normalized spacial score (nSPS) is 12.3. The lowest BCUT2D eigenvalue weighted by molar-refractivity contribution is -0.0334. The lowest BCUT2D eigenvalue weighted by atomic mass is 10.1. The Morgan fingerprint density at radius 3 is 2.55 bits per heavy atom. The van der Waals surface area contributed by atoms with E-state index < -0.39 is 6.29 Å². The smallest absolute Gasteiger partial charge is 0.156 e. The van der Waals surface area contributed by atoms with E-state index >= 15 is 0 Å². The minimum atomic E-state index is -1.32. The molecular formula is C7H15NO3. The SMILES string of the molecule is CCCC(CC(O)O)=NOC. The first-order valence-corrected chi connectivity index (χ1v) is 3.65. The average Bonchev–Trinajstić information content (AvgIpc) is 1.87. The summed E-state index contributed by atoms with van der Waals surface area (Å²) >= 11 is 0. The van der Waals surface area contributed by atoms with Crippen molar-refractivity contribution in [2.75, 3.05) is 7.11 Å². The van der Waals surface area contributed by atoms with Crippen LogP contribution in [0.5, 0.6) is 0 Å². The molecule has 0 unspecified atom stereocenters. The second-order valence-corrected chi connectivity index (χ2v) is 2.27. The van der Waals surface area contributed by atoms with Gasteiger partial charge in [-0.1, -0.05) is 18.5 Å². The molecule has 0 atom stereocenters. The summed E-state index contributed by atoms with van der Waals surface area (Å²) in [5.41, 5.74) is 0.685. The summed E-state index contributed by atoms with van der Waals surface area (Å²) in [6, 6.07) is 0. The Bertz CT molecular complexity index is 123. The summed E-state index contributed by atoms with van der Waals surface area (Å²) in [6.45, 7) is 1.99. The Kier molecular flexibility index (Phi) is 5.78. The molecule has 0 aliphatic carbocycles. The maximum absolute atomic E-state index is 8.60. The molecule has 0 rings (SSSR count). The zero-order chi connectivity index (χ0) is 8.69. The fraction of sp³-hybridized carbons (Fsp3) is 0.857. The first-order chi connectivity index (χ1) is 5.20. The molecular weight excluding hydrogens is 146 g/mol. The van der Waals surface area contributed by atoms with E-state index in [4.69, 9.17) is 10.2 Å². The van der Waals surface area contributed by atoms with E-state index in [1.165, 1.54) is 7.11 Å². The number of aliphatic hydroxyl groups is 2. The lowest BCUT2D eigenvalue weighted by Gasteiger charge is -2.04. The molecule has 0 heterocycles. The van der Waals surface area contributed by atoms with Gasteiger partial charge in [-0.2, -0.15) is 0 Å². The second kappa shape index (κ2) is 6.12. The molecule has 0 aliphatic heterocycles. The van der Waals surface area contributed by atoms with Gasteiger partial charge in [0.25, 0.3) is 0 Å². The summed E-state index contributed by atoms with van der Waals surface area (Å²) < 4.78 is 0. The van der Waals surface area contributed by atoms with Crippen LogP contribution in [0.25, 0.3) is 0 Å². The van der Waals surface area contributed by atoms with Gasteiger partial charge in [0.2, 0.25) is 0 Å². The molecule has 0 bridgehead atoms. The van der Waals surface area contributed by atoms with Gasteiger partial charge in [-0.15, -0.1) is 0 Å². The Balaban J connectivity index is 3.79. The van der Waals surface area contributed by atoms with Crippen molar-refractivity contribution in [3.05, 3.63) is 0 Å². The van der Waals surface area contributed by atoms with Crippen LogP contribution in [-0.4, -0.2) is 29.3 Å². The van der Waals surface area contributed by atoms with Crippen molar-refractivity contribution in [2.24, 2.45) is 5.16 Å². The van der Waals surface area contributed by atoms with Crippen LogP contribution in [0.3, 0.4) is 0 Å². The highest BCUT2D eigenvalue weighted by Gasteiger charge is 2.04. The fourth-order valence-electron chi connectivity index (χ4n) is 0.813. The minimum Gasteiger partial charge on any atom is -0.399 e. The van der Waals surface area contributed by atoms with Gasteiger partial charge in [-0.25, -0.2) is 0 Å². The van der Waals surface area contributed by atoms with Crippen LogP contribution in [-0.2, 0) is 4.84 Å². The van der Waals surface area contributed by atoms with Crippen molar-refractivity contribution in [2.45, 2.75) is 32.5 Å². The van der Waals surface area contributed by atoms with Gasteiger partial charge in [-0.3, -0.25) is 0 Å². The molecule has 0 spiro atoms. The van der Waals surface area contributed by atoms with E-state index in [1.54, 1.807) is 0 Å². The van der Waals surface area contributed by atoms with Crippen LogP contribution in [0, 0.1) is 0 Å². The van der Waals surface area contributed by atoms with E-state index in [9.17, 15) is 0 Å². The van der Waals surface area contributed by atoms with Gasteiger partial charge >= 0.3 is 0 Å². The average molecular weight is 161 g/mol. The zero-order valence-electron chi connectivity index (χ0n) is 6.95. The predicted octanol–water partition coefficient (Wildman–Crippen LogP) is 0.490. The summed E-state index contributed by atoms with van der Waals surface area (Å²) in [7, 11) is 1.44. The first-order valence-electron chi connectivity index (χ1n) is 3.65. The highest BCUT2D eigenvalue weighted by molar-refractivity contribution is 5.84. The summed E-state index contributed by atoms with van der Waals surface area (Å²) in [5, 5.41) is 20.8. The van der Waals surface area contributed by atoms with Gasteiger partial charge < -0.3 is 15.1 Å². The molecule has 0 aliphatic rings. The van der Waals surface area contributed by atoms with E-state index in [2.05, 4.69) is 9.99 Å². The van der Waals surface area contributed by atoms with E-state index in [0.29, 0.717) is 5.71 Å². The minimum absolute atomic E-state index is 0.168. The lowest BCUT2D eigenvalue weighted by Crippen LogP contribution is -2.12. The topological polar surface area (TPSA) is 62.0 Å². The van der Waals surface area contributed by atoms with Crippen LogP contribution in [0.4, 0.5) is 0 Å². The van der Waals surface area contributed by atoms with Gasteiger partial charge in [-0.05, 0) is 6.42 Å². The van der Waals surface area contributed by atoms with E-state index in [1.807, 2.05) is 6.92 Å². The number of nitrogens with zero attached hydrogens (tertiary/aromatic N) is 1. The summed E-state index contributed by atoms with van der Waals surface area (Å²) in [5.74, 6) is 0. The fourth-order valence-corrected chi connectivity index (χ4v) is 0.813. The standard InChI is InChI=1S/C7H15NO3/c1-3-4-6(8-11-2)5-7(9)10/h7,9-10H,3-5H2,1-2H3. The largest absolute Gasteiger partial charge is 0.399 e.